The van der Waals surface area contributed by atoms with Crippen molar-refractivity contribution in [2.75, 3.05) is 0 Å². The standard InChI is InChI=1S/C19H15F3N2OS/c1-11-6-7-12(2)15(8-11)23-18-24-17(25)16(26-18)10-13-4-3-5-14(9-13)19(20,21)22/h3-10H,1-2H3,(H,23,24,25)/b16-10-. The Kier molecular flexibility index (Phi) is 4.91. The Bertz CT molecular complexity index is 933. The van der Waals surface area contributed by atoms with E-state index in [1.807, 2.05) is 32.0 Å². The van der Waals surface area contributed by atoms with Gasteiger partial charge in [0, 0.05) is 0 Å². The number of amidine groups is 1. The average Bonchev–Trinajstić information content (AvgIpc) is 2.90. The number of halogens is 3. The van der Waals surface area contributed by atoms with Gasteiger partial charge in [0.15, 0.2) is 5.17 Å². The molecule has 0 radical (unpaired) electrons. The molecule has 1 N–H and O–H groups in total. The maximum atomic E-state index is 12.8. The van der Waals surface area contributed by atoms with Crippen molar-refractivity contribution in [1.82, 2.24) is 5.32 Å². The van der Waals surface area contributed by atoms with E-state index in [1.165, 1.54) is 18.2 Å². The Labute approximate surface area is 153 Å². The number of alkyl halides is 3. The highest BCUT2D eigenvalue weighted by atomic mass is 32.2. The molecule has 26 heavy (non-hydrogen) atoms. The molecule has 2 aromatic carbocycles. The smallest absolute Gasteiger partial charge is 0.300 e. The fraction of sp³-hybridized carbons (Fsp3) is 0.158. The van der Waals surface area contributed by atoms with Crippen LogP contribution in [0.2, 0.25) is 0 Å². The first-order valence-corrected chi connectivity index (χ1v) is 8.58. The van der Waals surface area contributed by atoms with Gasteiger partial charge in [-0.25, -0.2) is 4.99 Å². The average molecular weight is 376 g/mol. The quantitative estimate of drug-likeness (QED) is 0.731. The normalized spacial score (nSPS) is 17.8. The van der Waals surface area contributed by atoms with Gasteiger partial charge in [-0.15, -0.1) is 0 Å². The van der Waals surface area contributed by atoms with E-state index in [2.05, 4.69) is 10.3 Å². The zero-order valence-corrected chi connectivity index (χ0v) is 14.8. The molecule has 3 rings (SSSR count). The monoisotopic (exact) mass is 376 g/mol. The number of amides is 1. The third kappa shape index (κ3) is 4.16. The maximum absolute atomic E-state index is 12.8. The number of aliphatic imine (C=N–C) groups is 1. The molecule has 1 fully saturated rings. The number of hydrogen-bond donors (Lipinski definition) is 1. The Hall–Kier alpha value is -2.54. The van der Waals surface area contributed by atoms with Crippen molar-refractivity contribution in [1.29, 1.82) is 0 Å². The lowest BCUT2D eigenvalue weighted by atomic mass is 10.1. The number of benzene rings is 2. The van der Waals surface area contributed by atoms with Crippen LogP contribution in [0.1, 0.15) is 22.3 Å². The van der Waals surface area contributed by atoms with Crippen LogP contribution in [0.5, 0.6) is 0 Å². The molecule has 0 aliphatic carbocycles. The van der Waals surface area contributed by atoms with Crippen LogP contribution in [0, 0.1) is 13.8 Å². The molecular weight excluding hydrogens is 361 g/mol. The second-order valence-electron chi connectivity index (χ2n) is 5.89. The summed E-state index contributed by atoms with van der Waals surface area (Å²) in [7, 11) is 0. The minimum atomic E-state index is -4.42. The second kappa shape index (κ2) is 6.99. The van der Waals surface area contributed by atoms with Crippen molar-refractivity contribution in [2.24, 2.45) is 4.99 Å². The maximum Gasteiger partial charge on any atom is 0.416 e. The summed E-state index contributed by atoms with van der Waals surface area (Å²) in [6.45, 7) is 3.86. The highest BCUT2D eigenvalue weighted by molar-refractivity contribution is 8.18. The molecule has 0 atom stereocenters. The van der Waals surface area contributed by atoms with Gasteiger partial charge in [-0.05, 0) is 66.6 Å². The van der Waals surface area contributed by atoms with E-state index in [9.17, 15) is 18.0 Å². The van der Waals surface area contributed by atoms with Crippen LogP contribution in [-0.2, 0) is 11.0 Å². The summed E-state index contributed by atoms with van der Waals surface area (Å²) in [5.74, 6) is -0.378. The van der Waals surface area contributed by atoms with Crippen LogP contribution in [0.25, 0.3) is 6.08 Å². The highest BCUT2D eigenvalue weighted by Crippen LogP contribution is 2.32. The molecule has 3 nitrogen and oxygen atoms in total. The first-order valence-electron chi connectivity index (χ1n) is 7.76. The summed E-state index contributed by atoms with van der Waals surface area (Å²) in [6, 6.07) is 10.7. The molecule has 2 aromatic rings. The van der Waals surface area contributed by atoms with Crippen LogP contribution in [0.3, 0.4) is 0 Å². The number of rotatable bonds is 2. The Morgan fingerprint density at radius 2 is 1.88 bits per heavy atom. The molecule has 7 heteroatoms. The molecule has 1 aliphatic rings. The van der Waals surface area contributed by atoms with Gasteiger partial charge >= 0.3 is 6.18 Å². The molecule has 0 saturated carbocycles. The van der Waals surface area contributed by atoms with E-state index < -0.39 is 11.7 Å². The van der Waals surface area contributed by atoms with E-state index in [0.717, 1.165) is 40.7 Å². The second-order valence-corrected chi connectivity index (χ2v) is 6.93. The summed E-state index contributed by atoms with van der Waals surface area (Å²) < 4.78 is 38.4. The van der Waals surface area contributed by atoms with Crippen LogP contribution in [0.15, 0.2) is 52.4 Å². The van der Waals surface area contributed by atoms with Crippen molar-refractivity contribution in [2.45, 2.75) is 20.0 Å². The van der Waals surface area contributed by atoms with Crippen molar-refractivity contribution >= 4 is 34.6 Å². The van der Waals surface area contributed by atoms with E-state index in [4.69, 9.17) is 0 Å². The summed E-state index contributed by atoms with van der Waals surface area (Å²) in [5.41, 5.74) is 2.32. The van der Waals surface area contributed by atoms with E-state index >= 15 is 0 Å². The number of thioether (sulfide) groups is 1. The van der Waals surface area contributed by atoms with Crippen molar-refractivity contribution < 1.29 is 18.0 Å². The summed E-state index contributed by atoms with van der Waals surface area (Å²) in [6.07, 6.45) is -2.99. The van der Waals surface area contributed by atoms with Crippen LogP contribution in [-0.4, -0.2) is 11.1 Å². The predicted octanol–water partition coefficient (Wildman–Crippen LogP) is 5.21. The van der Waals surface area contributed by atoms with Gasteiger partial charge in [0.05, 0.1) is 16.2 Å². The van der Waals surface area contributed by atoms with Gasteiger partial charge in [-0.3, -0.25) is 4.79 Å². The molecule has 1 heterocycles. The molecule has 0 bridgehead atoms. The van der Waals surface area contributed by atoms with Gasteiger partial charge in [-0.1, -0.05) is 24.3 Å². The number of hydrogen-bond acceptors (Lipinski definition) is 3. The largest absolute Gasteiger partial charge is 0.416 e. The van der Waals surface area contributed by atoms with Crippen molar-refractivity contribution in [3.63, 3.8) is 0 Å². The number of carbonyl (C=O) groups is 1. The van der Waals surface area contributed by atoms with Crippen molar-refractivity contribution in [3.8, 4) is 0 Å². The van der Waals surface area contributed by atoms with Gasteiger partial charge in [-0.2, -0.15) is 13.2 Å². The minimum Gasteiger partial charge on any atom is -0.300 e. The van der Waals surface area contributed by atoms with Crippen LogP contribution >= 0.6 is 11.8 Å². The molecule has 1 amide bonds. The molecule has 0 unspecified atom stereocenters. The number of carbonyl (C=O) groups excluding carboxylic acids is 1. The Morgan fingerprint density at radius 1 is 1.12 bits per heavy atom. The van der Waals surface area contributed by atoms with Gasteiger partial charge in [0.2, 0.25) is 0 Å². The molecule has 1 saturated heterocycles. The van der Waals surface area contributed by atoms with Gasteiger partial charge in [0.25, 0.3) is 5.91 Å². The minimum absolute atomic E-state index is 0.299. The van der Waals surface area contributed by atoms with E-state index in [-0.39, 0.29) is 5.91 Å². The molecule has 134 valence electrons. The first-order chi connectivity index (χ1) is 12.2. The molecule has 1 aliphatic heterocycles. The van der Waals surface area contributed by atoms with Gasteiger partial charge in [0.1, 0.15) is 0 Å². The first kappa shape index (κ1) is 18.3. The number of nitrogens with zero attached hydrogens (tertiary/aromatic N) is 1. The highest BCUT2D eigenvalue weighted by Gasteiger charge is 2.30. The number of nitrogens with one attached hydrogen (secondary N) is 1. The topological polar surface area (TPSA) is 41.5 Å². The van der Waals surface area contributed by atoms with Crippen LogP contribution in [0.4, 0.5) is 18.9 Å². The molecular formula is C19H15F3N2OS. The lowest BCUT2D eigenvalue weighted by Gasteiger charge is -2.06. The summed E-state index contributed by atoms with van der Waals surface area (Å²) >= 11 is 1.11. The third-order valence-electron chi connectivity index (χ3n) is 3.75. The number of aryl methyl sites for hydroxylation is 2. The lowest BCUT2D eigenvalue weighted by molar-refractivity contribution is -0.137. The van der Waals surface area contributed by atoms with Crippen LogP contribution < -0.4 is 5.32 Å². The molecule has 0 aromatic heterocycles. The Balaban J connectivity index is 1.87. The summed E-state index contributed by atoms with van der Waals surface area (Å²) in [4.78, 5) is 16.9. The zero-order valence-electron chi connectivity index (χ0n) is 14.0. The zero-order chi connectivity index (χ0) is 18.9. The SMILES string of the molecule is Cc1ccc(C)c(N=C2NC(=O)/C(=C/c3cccc(C(F)(F)F)c3)S2)c1. The van der Waals surface area contributed by atoms with Gasteiger partial charge < -0.3 is 5.32 Å². The van der Waals surface area contributed by atoms with E-state index in [1.54, 1.807) is 0 Å². The van der Waals surface area contributed by atoms with Crippen molar-refractivity contribution in [3.05, 3.63) is 69.6 Å². The van der Waals surface area contributed by atoms with E-state index in [0.29, 0.717) is 15.6 Å². The fourth-order valence-electron chi connectivity index (χ4n) is 2.39. The predicted molar refractivity (Wildman–Crippen MR) is 98.2 cm³/mol. The third-order valence-corrected chi connectivity index (χ3v) is 4.66. The Morgan fingerprint density at radius 3 is 2.62 bits per heavy atom. The lowest BCUT2D eigenvalue weighted by Crippen LogP contribution is -2.19. The fourth-order valence-corrected chi connectivity index (χ4v) is 3.22. The summed E-state index contributed by atoms with van der Waals surface area (Å²) in [5, 5.41) is 3.05. The molecule has 0 spiro atoms.